The van der Waals surface area contributed by atoms with Gasteiger partial charge in [0.25, 0.3) is 5.91 Å². The fraction of sp³-hybridized carbons (Fsp3) is 0.231. The molecule has 0 aliphatic rings. The second-order valence-corrected chi connectivity index (χ2v) is 6.73. The molecule has 22 heavy (non-hydrogen) atoms. The molecule has 9 heteroatoms. The summed E-state index contributed by atoms with van der Waals surface area (Å²) in [6, 6.07) is 8.74. The summed E-state index contributed by atoms with van der Waals surface area (Å²) in [6.07, 6.45) is 1.64. The van der Waals surface area contributed by atoms with Gasteiger partial charge in [-0.05, 0) is 38.1 Å². The molecule has 0 saturated carbocycles. The predicted octanol–water partition coefficient (Wildman–Crippen LogP) is 1.69. The van der Waals surface area contributed by atoms with Gasteiger partial charge in [0.05, 0.1) is 10.6 Å². The minimum atomic E-state index is -2.69. The van der Waals surface area contributed by atoms with E-state index < -0.39 is 22.7 Å². The first kappa shape index (κ1) is 16.6. The van der Waals surface area contributed by atoms with Gasteiger partial charge in [0, 0.05) is 17.5 Å². The van der Waals surface area contributed by atoms with Crippen LogP contribution >= 0.6 is 11.3 Å². The summed E-state index contributed by atoms with van der Waals surface area (Å²) in [7, 11) is 0. The van der Waals surface area contributed by atoms with Crippen molar-refractivity contribution in [2.24, 2.45) is 0 Å². The smallest absolute Gasteiger partial charge is 0.269 e. The molecule has 0 radical (unpaired) electrons. The van der Waals surface area contributed by atoms with Crippen LogP contribution in [-0.2, 0) is 16.1 Å². The van der Waals surface area contributed by atoms with Gasteiger partial charge in [0.1, 0.15) is 10.5 Å². The Bertz CT molecular complexity index is 688. The number of hydroxylamine groups is 1. The number of thiophene rings is 1. The Labute approximate surface area is 134 Å². The van der Waals surface area contributed by atoms with Gasteiger partial charge in [0.2, 0.25) is 0 Å². The average molecular weight is 340 g/mol. The molecule has 0 bridgehead atoms. The van der Waals surface area contributed by atoms with Crippen molar-refractivity contribution >= 4 is 33.5 Å². The molecule has 2 N–H and O–H groups in total. The molecule has 0 aliphatic heterocycles. The number of amides is 1. The van der Waals surface area contributed by atoms with Crippen molar-refractivity contribution < 1.29 is 18.8 Å². The number of pyridine rings is 1. The average Bonchev–Trinajstić information content (AvgIpc) is 2.95. The Morgan fingerprint density at radius 3 is 2.68 bits per heavy atom. The largest absolute Gasteiger partial charge is 0.755 e. The summed E-state index contributed by atoms with van der Waals surface area (Å²) in [5, 5.41) is 9.15. The van der Waals surface area contributed by atoms with Crippen molar-refractivity contribution in [2.45, 2.75) is 19.4 Å². The van der Waals surface area contributed by atoms with Gasteiger partial charge in [-0.3, -0.25) is 23.5 Å². The summed E-state index contributed by atoms with van der Waals surface area (Å²) >= 11 is -1.50. The van der Waals surface area contributed by atoms with E-state index in [0.29, 0.717) is 10.7 Å². The Balaban J connectivity index is 2.41. The number of aromatic nitrogens is 1. The number of hydrogen-bond donors (Lipinski definition) is 2. The van der Waals surface area contributed by atoms with E-state index in [1.54, 1.807) is 30.5 Å². The van der Waals surface area contributed by atoms with Gasteiger partial charge < -0.3 is 4.55 Å². The first-order valence-corrected chi connectivity index (χ1v) is 8.08. The maximum Gasteiger partial charge on any atom is 0.269 e. The SMILES string of the molecule is CC(C)(C(=O)NO)N(c1ccc(-c2ccccn2)s1)S(=O)[O-]. The minimum Gasteiger partial charge on any atom is -0.755 e. The quantitative estimate of drug-likeness (QED) is 0.489. The van der Waals surface area contributed by atoms with Crippen LogP contribution < -0.4 is 9.79 Å². The standard InChI is InChI=1S/C13H15N3O4S2/c1-13(2,12(17)15-18)16(22(19)20)11-7-6-10(21-11)9-5-3-4-8-14-9/h3-8,18H,1-2H3,(H,15,17)(H,19,20)/p-1. The van der Waals surface area contributed by atoms with E-state index in [-0.39, 0.29) is 0 Å². The second-order valence-electron chi connectivity index (χ2n) is 4.86. The molecule has 0 fully saturated rings. The second kappa shape index (κ2) is 6.53. The normalized spacial score (nSPS) is 12.7. The first-order valence-electron chi connectivity index (χ1n) is 6.23. The van der Waals surface area contributed by atoms with E-state index in [1.165, 1.54) is 30.7 Å². The van der Waals surface area contributed by atoms with Crippen molar-refractivity contribution in [3.8, 4) is 10.6 Å². The van der Waals surface area contributed by atoms with Crippen LogP contribution in [0, 0.1) is 0 Å². The minimum absolute atomic E-state index is 0.350. The maximum absolute atomic E-state index is 11.7. The van der Waals surface area contributed by atoms with E-state index in [4.69, 9.17) is 5.21 Å². The molecule has 7 nitrogen and oxygen atoms in total. The summed E-state index contributed by atoms with van der Waals surface area (Å²) in [5.74, 6) is -0.829. The molecule has 0 aliphatic carbocycles. The molecule has 0 aromatic carbocycles. The molecular formula is C13H14N3O4S2-. The van der Waals surface area contributed by atoms with Gasteiger partial charge in [-0.25, -0.2) is 5.48 Å². The molecule has 0 spiro atoms. The summed E-state index contributed by atoms with van der Waals surface area (Å²) in [4.78, 5) is 16.7. The molecule has 2 rings (SSSR count). The van der Waals surface area contributed by atoms with Gasteiger partial charge in [-0.2, -0.15) is 0 Å². The van der Waals surface area contributed by atoms with Crippen molar-refractivity contribution in [1.82, 2.24) is 10.5 Å². The van der Waals surface area contributed by atoms with Crippen molar-refractivity contribution in [3.05, 3.63) is 36.5 Å². The lowest BCUT2D eigenvalue weighted by Gasteiger charge is -2.37. The Morgan fingerprint density at radius 1 is 1.41 bits per heavy atom. The maximum atomic E-state index is 11.7. The van der Waals surface area contributed by atoms with Crippen LogP contribution in [0.5, 0.6) is 0 Å². The Hall–Kier alpha value is -1.81. The molecule has 1 unspecified atom stereocenters. The molecular weight excluding hydrogens is 326 g/mol. The van der Waals surface area contributed by atoms with Crippen LogP contribution in [0.1, 0.15) is 13.8 Å². The Morgan fingerprint density at radius 2 is 2.14 bits per heavy atom. The van der Waals surface area contributed by atoms with Crippen LogP contribution in [-0.4, -0.2) is 30.4 Å². The molecule has 1 amide bonds. The lowest BCUT2D eigenvalue weighted by atomic mass is 10.1. The molecule has 0 saturated heterocycles. The van der Waals surface area contributed by atoms with E-state index in [2.05, 4.69) is 4.98 Å². The highest BCUT2D eigenvalue weighted by Gasteiger charge is 2.37. The monoisotopic (exact) mass is 340 g/mol. The van der Waals surface area contributed by atoms with Crippen LogP contribution in [0.25, 0.3) is 10.6 Å². The third kappa shape index (κ3) is 3.17. The predicted molar refractivity (Wildman–Crippen MR) is 83.0 cm³/mol. The molecule has 2 aromatic rings. The summed E-state index contributed by atoms with van der Waals surface area (Å²) < 4.78 is 24.0. The number of rotatable bonds is 5. The molecule has 1 atom stereocenters. The topological polar surface area (TPSA) is 106 Å². The summed E-state index contributed by atoms with van der Waals surface area (Å²) in [5.41, 5.74) is 0.717. The van der Waals surface area contributed by atoms with Gasteiger partial charge >= 0.3 is 0 Å². The lowest BCUT2D eigenvalue weighted by molar-refractivity contribution is -0.133. The van der Waals surface area contributed by atoms with Gasteiger partial charge in [-0.1, -0.05) is 6.07 Å². The van der Waals surface area contributed by atoms with Crippen LogP contribution in [0.3, 0.4) is 0 Å². The number of nitrogens with one attached hydrogen (secondary N) is 1. The summed E-state index contributed by atoms with van der Waals surface area (Å²) in [6.45, 7) is 2.79. The third-order valence-electron chi connectivity index (χ3n) is 3.02. The van der Waals surface area contributed by atoms with Gasteiger partial charge in [0.15, 0.2) is 0 Å². The van der Waals surface area contributed by atoms with Crippen LogP contribution in [0.15, 0.2) is 36.5 Å². The van der Waals surface area contributed by atoms with Crippen LogP contribution in [0.2, 0.25) is 0 Å². The number of carbonyl (C=O) groups excluding carboxylic acids is 1. The molecule has 2 heterocycles. The van der Waals surface area contributed by atoms with E-state index in [0.717, 1.165) is 9.18 Å². The highest BCUT2D eigenvalue weighted by atomic mass is 32.2. The zero-order valence-electron chi connectivity index (χ0n) is 11.8. The molecule has 118 valence electrons. The third-order valence-corrected chi connectivity index (χ3v) is 5.18. The van der Waals surface area contributed by atoms with E-state index in [9.17, 15) is 13.6 Å². The van der Waals surface area contributed by atoms with Gasteiger partial charge in [-0.15, -0.1) is 11.3 Å². The fourth-order valence-corrected chi connectivity index (χ4v) is 3.84. The first-order chi connectivity index (χ1) is 10.4. The van der Waals surface area contributed by atoms with Crippen molar-refractivity contribution in [1.29, 1.82) is 0 Å². The van der Waals surface area contributed by atoms with E-state index in [1.807, 2.05) is 6.07 Å². The highest BCUT2D eigenvalue weighted by Crippen LogP contribution is 2.36. The Kier molecular flexibility index (Phi) is 4.91. The zero-order chi connectivity index (χ0) is 16.3. The van der Waals surface area contributed by atoms with Crippen LogP contribution in [0.4, 0.5) is 5.00 Å². The number of carbonyl (C=O) groups is 1. The lowest BCUT2D eigenvalue weighted by Crippen LogP contribution is -2.55. The molecule has 2 aromatic heterocycles. The number of nitrogens with zero attached hydrogens (tertiary/aromatic N) is 2. The van der Waals surface area contributed by atoms with Crippen molar-refractivity contribution in [2.75, 3.05) is 4.31 Å². The van der Waals surface area contributed by atoms with E-state index >= 15 is 0 Å². The number of anilines is 1. The highest BCUT2D eigenvalue weighted by molar-refractivity contribution is 7.81. The fourth-order valence-electron chi connectivity index (χ4n) is 1.85. The zero-order valence-corrected chi connectivity index (χ0v) is 13.5. The van der Waals surface area contributed by atoms with Crippen molar-refractivity contribution in [3.63, 3.8) is 0 Å². The number of hydrogen-bond acceptors (Lipinski definition) is 6.